The Labute approximate surface area is 146 Å². The Morgan fingerprint density at radius 2 is 2.04 bits per heavy atom. The van der Waals surface area contributed by atoms with Gasteiger partial charge in [0.25, 0.3) is 5.69 Å². The predicted molar refractivity (Wildman–Crippen MR) is 90.5 cm³/mol. The molecule has 3 rings (SSSR count). The second-order valence-corrected chi connectivity index (χ2v) is 5.93. The molecule has 0 radical (unpaired) electrons. The van der Waals surface area contributed by atoms with E-state index >= 15 is 0 Å². The number of carbonyl (C=O) groups excluding carboxylic acids is 1. The summed E-state index contributed by atoms with van der Waals surface area (Å²) in [7, 11) is 1.04. The fourth-order valence-electron chi connectivity index (χ4n) is 2.63. The molecule has 0 amide bonds. The molecule has 1 fully saturated rings. The fourth-order valence-corrected chi connectivity index (χ4v) is 2.63. The van der Waals surface area contributed by atoms with E-state index in [-0.39, 0.29) is 5.69 Å². The summed E-state index contributed by atoms with van der Waals surface area (Å²) < 4.78 is 33.5. The van der Waals surface area contributed by atoms with Crippen molar-refractivity contribution in [3.63, 3.8) is 0 Å². The first-order chi connectivity index (χ1) is 12.3. The van der Waals surface area contributed by atoms with Gasteiger partial charge in [-0.05, 0) is 36.5 Å². The number of benzene rings is 2. The van der Waals surface area contributed by atoms with Crippen LogP contribution in [0.1, 0.15) is 34.7 Å². The summed E-state index contributed by atoms with van der Waals surface area (Å²) in [6.45, 7) is 0. The van der Waals surface area contributed by atoms with Crippen molar-refractivity contribution >= 4 is 28.7 Å². The molecule has 2 aromatic rings. The number of esters is 1. The van der Waals surface area contributed by atoms with Crippen molar-refractivity contribution < 1.29 is 23.2 Å². The number of nitro groups is 1. The topological polar surface area (TPSA) is 107 Å². The predicted octanol–water partition coefficient (Wildman–Crippen LogP) is 3.86. The van der Waals surface area contributed by atoms with Gasteiger partial charge < -0.3 is 15.8 Å². The van der Waals surface area contributed by atoms with E-state index in [4.69, 9.17) is 5.73 Å². The van der Waals surface area contributed by atoms with Gasteiger partial charge in [0, 0.05) is 6.07 Å². The highest BCUT2D eigenvalue weighted by Gasteiger charge is 2.28. The molecule has 0 heterocycles. The molecule has 0 saturated heterocycles. The molecule has 1 aliphatic carbocycles. The van der Waals surface area contributed by atoms with E-state index in [1.807, 2.05) is 0 Å². The first-order valence-corrected chi connectivity index (χ1v) is 7.74. The molecule has 9 heteroatoms. The molecule has 136 valence electrons. The van der Waals surface area contributed by atoms with Gasteiger partial charge in [0.1, 0.15) is 11.5 Å². The van der Waals surface area contributed by atoms with Crippen molar-refractivity contribution in [2.24, 2.45) is 0 Å². The largest absolute Gasteiger partial charge is 0.465 e. The van der Waals surface area contributed by atoms with Crippen molar-refractivity contribution in [2.75, 3.05) is 18.2 Å². The van der Waals surface area contributed by atoms with Crippen molar-refractivity contribution in [3.05, 3.63) is 57.1 Å². The van der Waals surface area contributed by atoms with Crippen LogP contribution in [0, 0.1) is 21.7 Å². The minimum atomic E-state index is -1.23. The maximum Gasteiger partial charge on any atom is 0.340 e. The zero-order valence-corrected chi connectivity index (χ0v) is 13.7. The number of nitrogens with zero attached hydrogens (tertiary/aromatic N) is 1. The van der Waals surface area contributed by atoms with Gasteiger partial charge in [-0.25, -0.2) is 13.6 Å². The third-order valence-corrected chi connectivity index (χ3v) is 4.19. The van der Waals surface area contributed by atoms with Crippen molar-refractivity contribution in [2.45, 2.75) is 18.8 Å². The number of nitrogen functional groups attached to an aromatic ring is 1. The van der Waals surface area contributed by atoms with Gasteiger partial charge in [0.15, 0.2) is 5.82 Å². The Balaban J connectivity index is 2.07. The monoisotopic (exact) mass is 363 g/mol. The zero-order chi connectivity index (χ0) is 19.0. The summed E-state index contributed by atoms with van der Waals surface area (Å²) in [5.74, 6) is -2.56. The Bertz CT molecular complexity index is 913. The zero-order valence-electron chi connectivity index (χ0n) is 13.7. The number of nitro benzene ring substituents is 1. The number of ether oxygens (including phenoxy) is 1. The van der Waals surface area contributed by atoms with E-state index in [0.717, 1.165) is 31.6 Å². The van der Waals surface area contributed by atoms with E-state index < -0.39 is 45.2 Å². The lowest BCUT2D eigenvalue weighted by Crippen LogP contribution is -2.12. The number of anilines is 3. The minimum absolute atomic E-state index is 0.0910. The summed E-state index contributed by atoms with van der Waals surface area (Å²) in [4.78, 5) is 22.0. The summed E-state index contributed by atoms with van der Waals surface area (Å²) in [6.07, 6.45) is 1.98. The molecule has 0 spiro atoms. The number of carbonyl (C=O) groups is 1. The number of halogens is 2. The molecule has 0 aliphatic heterocycles. The summed E-state index contributed by atoms with van der Waals surface area (Å²) >= 11 is 0. The molecule has 0 unspecified atom stereocenters. The van der Waals surface area contributed by atoms with Gasteiger partial charge in [0.2, 0.25) is 0 Å². The van der Waals surface area contributed by atoms with E-state index in [1.54, 1.807) is 6.07 Å². The minimum Gasteiger partial charge on any atom is -0.465 e. The van der Waals surface area contributed by atoms with Gasteiger partial charge in [-0.2, -0.15) is 0 Å². The van der Waals surface area contributed by atoms with Crippen molar-refractivity contribution in [1.82, 2.24) is 0 Å². The molecule has 0 aromatic heterocycles. The van der Waals surface area contributed by atoms with Gasteiger partial charge in [0.05, 0.1) is 29.0 Å². The molecular weight excluding hydrogens is 348 g/mol. The van der Waals surface area contributed by atoms with Crippen LogP contribution in [0.3, 0.4) is 0 Å². The lowest BCUT2D eigenvalue weighted by Gasteiger charge is -2.14. The van der Waals surface area contributed by atoms with Gasteiger partial charge in [-0.3, -0.25) is 10.1 Å². The van der Waals surface area contributed by atoms with Crippen LogP contribution in [-0.4, -0.2) is 18.0 Å². The molecule has 1 saturated carbocycles. The molecule has 0 atom stereocenters. The first kappa shape index (κ1) is 17.6. The quantitative estimate of drug-likeness (QED) is 0.361. The van der Waals surface area contributed by atoms with Gasteiger partial charge in [-0.15, -0.1) is 0 Å². The highest BCUT2D eigenvalue weighted by Crippen LogP contribution is 2.41. The average Bonchev–Trinajstić information content (AvgIpc) is 3.44. The molecule has 3 N–H and O–H groups in total. The Morgan fingerprint density at radius 3 is 2.58 bits per heavy atom. The lowest BCUT2D eigenvalue weighted by atomic mass is 10.1. The number of methoxy groups -OCH3 is 1. The number of hydrogen-bond acceptors (Lipinski definition) is 6. The maximum absolute atomic E-state index is 14.6. The third kappa shape index (κ3) is 3.15. The summed E-state index contributed by atoms with van der Waals surface area (Å²) in [5, 5.41) is 13.5. The molecule has 0 bridgehead atoms. The standard InChI is InChI=1S/C17H15F2N3O4/c1-26-17(23)10-7-13(22(24)25)15(20)14(19)16(10)21-12-5-4-9(6-11(12)18)8-2-3-8/h4-8,21H,2-3,20H2,1H3. The van der Waals surface area contributed by atoms with Gasteiger partial charge in [-0.1, -0.05) is 6.07 Å². The third-order valence-electron chi connectivity index (χ3n) is 4.19. The van der Waals surface area contributed by atoms with E-state index in [1.165, 1.54) is 12.1 Å². The summed E-state index contributed by atoms with van der Waals surface area (Å²) in [6, 6.07) is 5.25. The van der Waals surface area contributed by atoms with Crippen molar-refractivity contribution in [3.8, 4) is 0 Å². The highest BCUT2D eigenvalue weighted by atomic mass is 19.1. The Hall–Kier alpha value is -3.23. The van der Waals surface area contributed by atoms with E-state index in [0.29, 0.717) is 5.92 Å². The van der Waals surface area contributed by atoms with Crippen LogP contribution in [-0.2, 0) is 4.74 Å². The number of nitrogens with two attached hydrogens (primary N) is 1. The summed E-state index contributed by atoms with van der Waals surface area (Å²) in [5.41, 5.74) is 3.71. The smallest absolute Gasteiger partial charge is 0.340 e. The Morgan fingerprint density at radius 1 is 1.35 bits per heavy atom. The van der Waals surface area contributed by atoms with Crippen LogP contribution in [0.15, 0.2) is 24.3 Å². The van der Waals surface area contributed by atoms with E-state index in [2.05, 4.69) is 10.1 Å². The first-order valence-electron chi connectivity index (χ1n) is 7.74. The number of rotatable bonds is 5. The molecule has 2 aromatic carbocycles. The highest BCUT2D eigenvalue weighted by molar-refractivity contribution is 5.99. The fraction of sp³-hybridized carbons (Fsp3) is 0.235. The van der Waals surface area contributed by atoms with Gasteiger partial charge >= 0.3 is 5.97 Å². The van der Waals surface area contributed by atoms with Crippen LogP contribution in [0.25, 0.3) is 0 Å². The van der Waals surface area contributed by atoms with Crippen LogP contribution >= 0.6 is 0 Å². The number of nitrogens with one attached hydrogen (secondary N) is 1. The van der Waals surface area contributed by atoms with Crippen LogP contribution < -0.4 is 11.1 Å². The van der Waals surface area contributed by atoms with E-state index in [9.17, 15) is 23.7 Å². The molecular formula is C17H15F2N3O4. The second-order valence-electron chi connectivity index (χ2n) is 5.93. The van der Waals surface area contributed by atoms with Crippen molar-refractivity contribution in [1.29, 1.82) is 0 Å². The SMILES string of the molecule is COC(=O)c1cc([N+](=O)[O-])c(N)c(F)c1Nc1ccc(C2CC2)cc1F. The molecule has 1 aliphatic rings. The lowest BCUT2D eigenvalue weighted by molar-refractivity contribution is -0.384. The second kappa shape index (κ2) is 6.58. The molecule has 7 nitrogen and oxygen atoms in total. The van der Waals surface area contributed by atoms with Crippen LogP contribution in [0.5, 0.6) is 0 Å². The van der Waals surface area contributed by atoms with Crippen LogP contribution in [0.4, 0.5) is 31.5 Å². The number of hydrogen-bond donors (Lipinski definition) is 2. The van der Waals surface area contributed by atoms with Crippen LogP contribution in [0.2, 0.25) is 0 Å². The average molecular weight is 363 g/mol. The molecule has 26 heavy (non-hydrogen) atoms. The normalized spacial score (nSPS) is 13.3. The maximum atomic E-state index is 14.6. The Kier molecular flexibility index (Phi) is 4.45.